The van der Waals surface area contributed by atoms with Crippen LogP contribution >= 0.6 is 22.6 Å². The second kappa shape index (κ2) is 11.0. The van der Waals surface area contributed by atoms with E-state index in [0.717, 1.165) is 38.5 Å². The largest absolute Gasteiger partial charge is 0.393 e. The van der Waals surface area contributed by atoms with Crippen LogP contribution in [0.4, 0.5) is 5.69 Å². The van der Waals surface area contributed by atoms with Gasteiger partial charge in [-0.25, -0.2) is 13.6 Å². The zero-order chi connectivity index (χ0) is 29.2. The minimum Gasteiger partial charge on any atom is -0.393 e. The van der Waals surface area contributed by atoms with Gasteiger partial charge in [-0.3, -0.25) is 4.79 Å². The van der Waals surface area contributed by atoms with E-state index in [1.54, 1.807) is 6.07 Å². The number of carbonyl (C=O) groups excluding carboxylic acids is 1. The number of hydrogen-bond acceptors (Lipinski definition) is 6. The van der Waals surface area contributed by atoms with Crippen LogP contribution in [0.1, 0.15) is 78.6 Å². The van der Waals surface area contributed by atoms with Crippen LogP contribution in [0.15, 0.2) is 23.1 Å². The molecule has 4 saturated carbocycles. The van der Waals surface area contributed by atoms with Crippen LogP contribution in [0.25, 0.3) is 0 Å². The van der Waals surface area contributed by atoms with Crippen molar-refractivity contribution in [2.45, 2.75) is 102 Å². The van der Waals surface area contributed by atoms with Gasteiger partial charge in [0, 0.05) is 9.99 Å². The van der Waals surface area contributed by atoms with E-state index < -0.39 is 22.2 Å². The van der Waals surface area contributed by atoms with Gasteiger partial charge >= 0.3 is 0 Å². The number of aliphatic hydroxyl groups excluding tert-OH is 3. The van der Waals surface area contributed by atoms with Gasteiger partial charge in [0.1, 0.15) is 0 Å². The standard InChI is InChI=1S/C30H45IN2O6S/c1-16(4-9-27(37)33-24-8-5-19(14-23(24)31)40(32,38)39)20-6-7-21-28-22(15-26(36)30(20,21)3)29(2)11-10-18(34)12-17(29)13-25(28)35/h5,8,14,16-18,20-22,25-26,28,34-36H,4,6-7,9-13,15H2,1-3H3,(H,33,37)(H2,32,38,39)/t16-,17+,18-,20-,21+,22+,25-,26+,28+,29+,30-/m1/s1. The number of amides is 1. The highest BCUT2D eigenvalue weighted by Crippen LogP contribution is 2.68. The Kier molecular flexibility index (Phi) is 8.47. The summed E-state index contributed by atoms with van der Waals surface area (Å²) >= 11 is 1.99. The Morgan fingerprint density at radius 1 is 1.12 bits per heavy atom. The smallest absolute Gasteiger partial charge is 0.238 e. The van der Waals surface area contributed by atoms with E-state index in [4.69, 9.17) is 5.14 Å². The minimum absolute atomic E-state index is 0.00880. The number of hydrogen-bond donors (Lipinski definition) is 5. The molecular weight excluding hydrogens is 643 g/mol. The first-order chi connectivity index (χ1) is 18.7. The van der Waals surface area contributed by atoms with Crippen LogP contribution < -0.4 is 10.5 Å². The van der Waals surface area contributed by atoms with Crippen LogP contribution in [-0.2, 0) is 14.8 Å². The number of primary sulfonamides is 1. The van der Waals surface area contributed by atoms with E-state index in [2.05, 4.69) is 26.1 Å². The van der Waals surface area contributed by atoms with Gasteiger partial charge in [0.25, 0.3) is 0 Å². The molecule has 0 bridgehead atoms. The number of nitrogens with two attached hydrogens (primary N) is 1. The van der Waals surface area contributed by atoms with Gasteiger partial charge in [-0.2, -0.15) is 0 Å². The minimum atomic E-state index is -3.81. The summed E-state index contributed by atoms with van der Waals surface area (Å²) in [5.41, 5.74) is 0.312. The van der Waals surface area contributed by atoms with Crippen molar-refractivity contribution in [1.29, 1.82) is 0 Å². The van der Waals surface area contributed by atoms with Crippen molar-refractivity contribution in [3.05, 3.63) is 21.8 Å². The molecule has 0 spiro atoms. The van der Waals surface area contributed by atoms with Crippen LogP contribution in [0.3, 0.4) is 0 Å². The second-order valence-corrected chi connectivity index (χ2v) is 16.5. The first kappa shape index (κ1) is 30.7. The zero-order valence-electron chi connectivity index (χ0n) is 23.7. The number of aliphatic hydroxyl groups is 3. The molecular formula is C30H45IN2O6S. The van der Waals surface area contributed by atoms with Gasteiger partial charge in [0.15, 0.2) is 0 Å². The van der Waals surface area contributed by atoms with Crippen molar-refractivity contribution in [2.24, 2.45) is 51.5 Å². The Balaban J connectivity index is 1.25. The molecule has 6 N–H and O–H groups in total. The van der Waals surface area contributed by atoms with Crippen LogP contribution in [-0.4, -0.2) is 48.0 Å². The third kappa shape index (κ3) is 5.27. The fourth-order valence-electron chi connectivity index (χ4n) is 9.68. The fraction of sp³-hybridized carbons (Fsp3) is 0.767. The van der Waals surface area contributed by atoms with Gasteiger partial charge in [-0.05, 0) is 138 Å². The molecule has 0 saturated heterocycles. The average Bonchev–Trinajstić information content (AvgIpc) is 3.23. The van der Waals surface area contributed by atoms with Gasteiger partial charge in [0.2, 0.25) is 15.9 Å². The van der Waals surface area contributed by atoms with Crippen LogP contribution in [0, 0.1) is 49.9 Å². The summed E-state index contributed by atoms with van der Waals surface area (Å²) in [5.74, 6) is 1.36. The van der Waals surface area contributed by atoms with Crippen LogP contribution in [0.2, 0.25) is 0 Å². The second-order valence-electron chi connectivity index (χ2n) is 13.8. The maximum Gasteiger partial charge on any atom is 0.238 e. The van der Waals surface area contributed by atoms with Gasteiger partial charge in [-0.1, -0.05) is 20.8 Å². The Bertz CT molecular complexity index is 1240. The van der Waals surface area contributed by atoms with E-state index in [1.807, 2.05) is 22.6 Å². The monoisotopic (exact) mass is 688 g/mol. The summed E-state index contributed by atoms with van der Waals surface area (Å²) < 4.78 is 23.8. The molecule has 4 fully saturated rings. The molecule has 8 nitrogen and oxygen atoms in total. The fourth-order valence-corrected chi connectivity index (χ4v) is 11.1. The highest BCUT2D eigenvalue weighted by molar-refractivity contribution is 14.1. The summed E-state index contributed by atoms with van der Waals surface area (Å²) in [5, 5.41) is 41.7. The molecule has 224 valence electrons. The van der Waals surface area contributed by atoms with Crippen molar-refractivity contribution < 1.29 is 28.5 Å². The Morgan fingerprint density at radius 2 is 1.85 bits per heavy atom. The Morgan fingerprint density at radius 3 is 2.52 bits per heavy atom. The SMILES string of the molecule is C[C@H](CCC(=O)Nc1ccc(S(N)(=O)=O)cc1I)[C@H]1CC[C@H]2[C@@H]3[C@H](O)C[C@@H]4C[C@H](O)CC[C@]4(C)[C@H]3C[C@H](O)[C@]12C. The number of sulfonamides is 1. The molecule has 0 radical (unpaired) electrons. The summed E-state index contributed by atoms with van der Waals surface area (Å²) in [6, 6.07) is 4.40. The van der Waals surface area contributed by atoms with Crippen molar-refractivity contribution in [2.75, 3.05) is 5.32 Å². The van der Waals surface area contributed by atoms with E-state index in [9.17, 15) is 28.5 Å². The molecule has 0 aliphatic heterocycles. The number of rotatable bonds is 6. The molecule has 40 heavy (non-hydrogen) atoms. The summed E-state index contributed by atoms with van der Waals surface area (Å²) in [6.07, 6.45) is 5.85. The molecule has 10 heteroatoms. The number of benzene rings is 1. The average molecular weight is 689 g/mol. The number of fused-ring (bicyclic) bond motifs is 5. The molecule has 1 aromatic rings. The van der Waals surface area contributed by atoms with E-state index >= 15 is 0 Å². The number of halogens is 1. The Hall–Kier alpha value is -0.790. The first-order valence-electron chi connectivity index (χ1n) is 14.8. The molecule has 0 aromatic heterocycles. The van der Waals surface area contributed by atoms with Crippen molar-refractivity contribution >= 4 is 44.2 Å². The predicted molar refractivity (Wildman–Crippen MR) is 162 cm³/mol. The van der Waals surface area contributed by atoms with E-state index in [0.29, 0.717) is 34.4 Å². The molecule has 1 aromatic carbocycles. The first-order valence-corrected chi connectivity index (χ1v) is 17.4. The van der Waals surface area contributed by atoms with Gasteiger partial charge in [-0.15, -0.1) is 0 Å². The summed E-state index contributed by atoms with van der Waals surface area (Å²) in [7, 11) is -3.81. The number of anilines is 1. The highest BCUT2D eigenvalue weighted by Gasteiger charge is 2.65. The molecule has 4 aliphatic carbocycles. The molecule has 0 heterocycles. The lowest BCUT2D eigenvalue weighted by molar-refractivity contribution is -0.207. The van der Waals surface area contributed by atoms with E-state index in [1.165, 1.54) is 12.1 Å². The van der Waals surface area contributed by atoms with Gasteiger partial charge < -0.3 is 20.6 Å². The molecule has 4 aliphatic rings. The predicted octanol–water partition coefficient (Wildman–Crippen LogP) is 4.25. The maximum absolute atomic E-state index is 12.9. The topological polar surface area (TPSA) is 150 Å². The highest BCUT2D eigenvalue weighted by atomic mass is 127. The molecule has 5 rings (SSSR count). The lowest BCUT2D eigenvalue weighted by Gasteiger charge is -2.63. The zero-order valence-corrected chi connectivity index (χ0v) is 26.7. The lowest BCUT2D eigenvalue weighted by Crippen LogP contribution is -2.62. The van der Waals surface area contributed by atoms with Gasteiger partial charge in [0.05, 0.1) is 28.9 Å². The normalized spacial score (nSPS) is 41.9. The molecule has 0 unspecified atom stereocenters. The number of nitrogens with one attached hydrogen (secondary N) is 1. The Labute approximate surface area is 252 Å². The van der Waals surface area contributed by atoms with Crippen molar-refractivity contribution in [3.63, 3.8) is 0 Å². The number of carbonyl (C=O) groups is 1. The van der Waals surface area contributed by atoms with E-state index in [-0.39, 0.29) is 57.3 Å². The third-order valence-corrected chi connectivity index (χ3v) is 13.7. The molecule has 11 atom stereocenters. The quantitative estimate of drug-likeness (QED) is 0.282. The third-order valence-electron chi connectivity index (χ3n) is 11.9. The van der Waals surface area contributed by atoms with Crippen molar-refractivity contribution in [3.8, 4) is 0 Å². The summed E-state index contributed by atoms with van der Waals surface area (Å²) in [4.78, 5) is 12.9. The van der Waals surface area contributed by atoms with Crippen LogP contribution in [0.5, 0.6) is 0 Å². The maximum atomic E-state index is 12.9. The van der Waals surface area contributed by atoms with Crippen molar-refractivity contribution in [1.82, 2.24) is 0 Å². The lowest BCUT2D eigenvalue weighted by atomic mass is 9.43. The molecule has 1 amide bonds. The summed E-state index contributed by atoms with van der Waals surface area (Å²) in [6.45, 7) is 6.76.